The van der Waals surface area contributed by atoms with Gasteiger partial charge in [0.05, 0.1) is 28.8 Å². The zero-order valence-corrected chi connectivity index (χ0v) is 30.0. The largest absolute Gasteiger partial charge is 0.391 e. The Morgan fingerprint density at radius 3 is 1.76 bits per heavy atom. The van der Waals surface area contributed by atoms with Crippen LogP contribution in [0.1, 0.15) is 91.4 Å². The SMILES string of the molecule is O=C(C[C@H](C1CC1)C(O)C(CCC1CCCCC1)S(=O)(=O)c1ccccc1)c1cncn1C(c1ccccc1)(c1ccccc1)c1ccccc1. The van der Waals surface area contributed by atoms with E-state index in [1.54, 1.807) is 36.8 Å². The lowest BCUT2D eigenvalue weighted by Crippen LogP contribution is -2.42. The molecule has 0 radical (unpaired) electrons. The van der Waals surface area contributed by atoms with E-state index in [2.05, 4.69) is 41.4 Å². The highest BCUT2D eigenvalue weighted by Gasteiger charge is 2.46. The molecule has 1 N–H and O–H groups in total. The molecule has 2 aliphatic carbocycles. The van der Waals surface area contributed by atoms with Gasteiger partial charge in [0.2, 0.25) is 0 Å². The van der Waals surface area contributed by atoms with E-state index in [1.165, 1.54) is 19.3 Å². The molecular weight excluding hydrogens is 653 g/mol. The second-order valence-electron chi connectivity index (χ2n) is 14.6. The van der Waals surface area contributed by atoms with Crippen molar-refractivity contribution in [2.24, 2.45) is 17.8 Å². The second-order valence-corrected chi connectivity index (χ2v) is 16.7. The monoisotopic (exact) mass is 700 g/mol. The van der Waals surface area contributed by atoms with E-state index in [0.717, 1.165) is 48.8 Å². The zero-order chi connectivity index (χ0) is 35.3. The molecular formula is C44H48N2O4S. The Bertz CT molecular complexity index is 1870. The number of hydrogen-bond acceptors (Lipinski definition) is 5. The van der Waals surface area contributed by atoms with Crippen molar-refractivity contribution in [1.29, 1.82) is 0 Å². The van der Waals surface area contributed by atoms with Crippen molar-refractivity contribution in [2.75, 3.05) is 0 Å². The van der Waals surface area contributed by atoms with Gasteiger partial charge >= 0.3 is 0 Å². The van der Waals surface area contributed by atoms with Crippen LogP contribution >= 0.6 is 0 Å². The molecule has 2 unspecified atom stereocenters. The molecule has 2 saturated carbocycles. The third-order valence-corrected chi connectivity index (χ3v) is 13.6. The lowest BCUT2D eigenvalue weighted by Gasteiger charge is -2.38. The summed E-state index contributed by atoms with van der Waals surface area (Å²) < 4.78 is 30.6. The van der Waals surface area contributed by atoms with E-state index in [1.807, 2.05) is 65.2 Å². The molecule has 6 nitrogen and oxygen atoms in total. The van der Waals surface area contributed by atoms with Crippen molar-refractivity contribution in [2.45, 2.75) is 86.0 Å². The van der Waals surface area contributed by atoms with E-state index in [4.69, 9.17) is 0 Å². The third-order valence-electron chi connectivity index (χ3n) is 11.4. The van der Waals surface area contributed by atoms with Crippen molar-refractivity contribution in [1.82, 2.24) is 9.55 Å². The first-order valence-electron chi connectivity index (χ1n) is 18.6. The van der Waals surface area contributed by atoms with Crippen LogP contribution in [0.5, 0.6) is 0 Å². The van der Waals surface area contributed by atoms with Gasteiger partial charge in [-0.25, -0.2) is 13.4 Å². The van der Waals surface area contributed by atoms with Crippen molar-refractivity contribution in [3.8, 4) is 0 Å². The molecule has 0 spiro atoms. The summed E-state index contributed by atoms with van der Waals surface area (Å²) in [5.74, 6) is -0.0866. The normalized spacial score (nSPS) is 17.4. The van der Waals surface area contributed by atoms with E-state index in [-0.39, 0.29) is 23.0 Å². The topological polar surface area (TPSA) is 89.3 Å². The molecule has 0 saturated heterocycles. The predicted molar refractivity (Wildman–Crippen MR) is 201 cm³/mol. The van der Waals surface area contributed by atoms with Gasteiger partial charge in [-0.3, -0.25) is 4.79 Å². The zero-order valence-electron chi connectivity index (χ0n) is 29.1. The fraction of sp³-hybridized carbons (Fsp3) is 0.364. The molecule has 0 aliphatic heterocycles. The first-order chi connectivity index (χ1) is 24.9. The number of ketones is 1. The number of nitrogens with zero attached hydrogens (tertiary/aromatic N) is 2. The molecule has 0 bridgehead atoms. The second kappa shape index (κ2) is 15.5. The van der Waals surface area contributed by atoms with Crippen molar-refractivity contribution in [3.63, 3.8) is 0 Å². The van der Waals surface area contributed by atoms with Crippen LogP contribution in [0.2, 0.25) is 0 Å². The van der Waals surface area contributed by atoms with Crippen LogP contribution in [0.15, 0.2) is 139 Å². The summed E-state index contributed by atoms with van der Waals surface area (Å²) in [6.45, 7) is 0. The van der Waals surface area contributed by atoms with Gasteiger partial charge in [0.1, 0.15) is 11.2 Å². The van der Waals surface area contributed by atoms with Gasteiger partial charge in [-0.15, -0.1) is 0 Å². The number of carbonyl (C=O) groups excluding carboxylic acids is 1. The molecule has 4 aromatic carbocycles. The molecule has 1 heterocycles. The molecule has 0 amide bonds. The summed E-state index contributed by atoms with van der Waals surface area (Å²) in [4.78, 5) is 19.5. The summed E-state index contributed by atoms with van der Waals surface area (Å²) in [6.07, 6.45) is 10.9. The van der Waals surface area contributed by atoms with Gasteiger partial charge in [-0.2, -0.15) is 0 Å². The maximum Gasteiger partial charge on any atom is 0.183 e. The van der Waals surface area contributed by atoms with Gasteiger partial charge in [0.25, 0.3) is 0 Å². The highest BCUT2D eigenvalue weighted by Crippen LogP contribution is 2.45. The average molecular weight is 701 g/mol. The van der Waals surface area contributed by atoms with Crippen molar-refractivity contribution >= 4 is 15.6 Å². The molecule has 7 heteroatoms. The minimum atomic E-state index is -3.86. The molecule has 51 heavy (non-hydrogen) atoms. The maximum atomic E-state index is 14.7. The van der Waals surface area contributed by atoms with Crippen LogP contribution in [0.25, 0.3) is 0 Å². The number of imidazole rings is 1. The Kier molecular flexibility index (Phi) is 10.7. The number of aliphatic hydroxyl groups is 1. The van der Waals surface area contributed by atoms with Crippen LogP contribution < -0.4 is 0 Å². The molecule has 3 atom stereocenters. The Morgan fingerprint density at radius 2 is 1.25 bits per heavy atom. The number of rotatable bonds is 15. The van der Waals surface area contributed by atoms with Crippen molar-refractivity contribution in [3.05, 3.63) is 156 Å². The van der Waals surface area contributed by atoms with E-state index >= 15 is 0 Å². The lowest BCUT2D eigenvalue weighted by molar-refractivity contribution is 0.0674. The Hall–Kier alpha value is -4.33. The summed E-state index contributed by atoms with van der Waals surface area (Å²) in [5, 5.41) is 11.3. The van der Waals surface area contributed by atoms with E-state index in [0.29, 0.717) is 18.0 Å². The Morgan fingerprint density at radius 1 is 0.745 bits per heavy atom. The molecule has 7 rings (SSSR count). The number of benzene rings is 4. The maximum absolute atomic E-state index is 14.7. The third kappa shape index (κ3) is 7.24. The number of carbonyl (C=O) groups is 1. The predicted octanol–water partition coefficient (Wildman–Crippen LogP) is 8.89. The minimum Gasteiger partial charge on any atom is -0.391 e. The molecule has 1 aromatic heterocycles. The molecule has 2 fully saturated rings. The number of aliphatic hydroxyl groups excluding tert-OH is 1. The fourth-order valence-corrected chi connectivity index (χ4v) is 10.5. The van der Waals surface area contributed by atoms with Crippen LogP contribution in [-0.2, 0) is 15.4 Å². The summed E-state index contributed by atoms with van der Waals surface area (Å²) >= 11 is 0. The highest BCUT2D eigenvalue weighted by atomic mass is 32.2. The summed E-state index contributed by atoms with van der Waals surface area (Å²) in [7, 11) is -3.86. The van der Waals surface area contributed by atoms with Crippen LogP contribution in [-0.4, -0.2) is 40.2 Å². The van der Waals surface area contributed by atoms with Crippen LogP contribution in [0.3, 0.4) is 0 Å². The summed E-state index contributed by atoms with van der Waals surface area (Å²) in [5.41, 5.74) is 2.44. The quantitative estimate of drug-likeness (QED) is 0.0871. The Balaban J connectivity index is 1.26. The number of Topliss-reactive ketones (excluding diaryl/α,β-unsaturated/α-hetero) is 1. The van der Waals surface area contributed by atoms with Gasteiger partial charge in [-0.1, -0.05) is 141 Å². The first-order valence-corrected chi connectivity index (χ1v) is 20.1. The fourth-order valence-electron chi connectivity index (χ4n) is 8.58. The smallest absolute Gasteiger partial charge is 0.183 e. The molecule has 2 aliphatic rings. The van der Waals surface area contributed by atoms with Gasteiger partial charge < -0.3 is 9.67 Å². The van der Waals surface area contributed by atoms with Gasteiger partial charge in [-0.05, 0) is 72.3 Å². The standard InChI is InChI=1S/C44H48N2O4S/c47-41(30-39(34-27-28-34)43(48)42(29-26-33-16-6-1-7-17-33)51(49,50)38-24-14-5-15-25-38)40-31-45-32-46(40)44(35-18-8-2-9-19-35,36-20-10-3-11-21-36)37-22-12-4-13-23-37/h2-5,8-15,18-25,31-34,39,42-43,48H,1,6-7,16-17,26-30H2/t39-,42?,43?/m1/s1. The first kappa shape index (κ1) is 35.1. The molecule has 5 aromatic rings. The van der Waals surface area contributed by atoms with E-state index in [9.17, 15) is 18.3 Å². The van der Waals surface area contributed by atoms with Crippen LogP contribution in [0, 0.1) is 17.8 Å². The van der Waals surface area contributed by atoms with Crippen molar-refractivity contribution < 1.29 is 18.3 Å². The lowest BCUT2D eigenvalue weighted by atomic mass is 9.76. The number of aromatic nitrogens is 2. The van der Waals surface area contributed by atoms with Crippen LogP contribution in [0.4, 0.5) is 0 Å². The summed E-state index contributed by atoms with van der Waals surface area (Å²) in [6, 6.07) is 39.0. The number of hydrogen-bond donors (Lipinski definition) is 1. The highest BCUT2D eigenvalue weighted by molar-refractivity contribution is 7.92. The minimum absolute atomic E-state index is 0.0379. The van der Waals surface area contributed by atoms with E-state index < -0.39 is 32.6 Å². The Labute approximate surface area is 302 Å². The number of sulfone groups is 1. The average Bonchev–Trinajstić information content (AvgIpc) is 3.91. The molecule has 264 valence electrons. The van der Waals surface area contributed by atoms with Gasteiger partial charge in [0.15, 0.2) is 15.6 Å². The van der Waals surface area contributed by atoms with Gasteiger partial charge in [0, 0.05) is 6.42 Å².